The highest BCUT2D eigenvalue weighted by Crippen LogP contribution is 2.22. The fourth-order valence-electron chi connectivity index (χ4n) is 2.05. The van der Waals surface area contributed by atoms with Crippen molar-refractivity contribution in [2.75, 3.05) is 0 Å². The third kappa shape index (κ3) is 2.70. The molecule has 94 valence electrons. The minimum atomic E-state index is -0.129. The van der Waals surface area contributed by atoms with Crippen molar-refractivity contribution in [3.63, 3.8) is 0 Å². The molecule has 0 spiro atoms. The predicted octanol–water partition coefficient (Wildman–Crippen LogP) is 4.18. The van der Waals surface area contributed by atoms with Crippen molar-refractivity contribution in [1.29, 1.82) is 0 Å². The molecule has 0 aliphatic heterocycles. The number of carbonyl (C=O) groups excluding carboxylic acids is 1. The summed E-state index contributed by atoms with van der Waals surface area (Å²) in [5.41, 5.74) is 0. The Morgan fingerprint density at radius 3 is 2.39 bits per heavy atom. The van der Waals surface area contributed by atoms with Gasteiger partial charge in [0.2, 0.25) is 0 Å². The molecule has 0 fully saturated rings. The van der Waals surface area contributed by atoms with E-state index >= 15 is 0 Å². The van der Waals surface area contributed by atoms with Crippen LogP contribution in [0.4, 0.5) is 0 Å². The highest BCUT2D eigenvalue weighted by atomic mass is 16.5. The molecule has 0 saturated heterocycles. The number of hydrogen-bond acceptors (Lipinski definition) is 2. The lowest BCUT2D eigenvalue weighted by atomic mass is 10.0. The summed E-state index contributed by atoms with van der Waals surface area (Å²) in [4.78, 5) is 11.9. The zero-order valence-corrected chi connectivity index (χ0v) is 10.8. The molecule has 0 N–H and O–H groups in total. The average molecular weight is 242 g/mol. The van der Waals surface area contributed by atoms with E-state index in [-0.39, 0.29) is 11.9 Å². The van der Waals surface area contributed by atoms with Crippen LogP contribution >= 0.6 is 0 Å². The SMILES string of the molecule is CCC(CC)C(=O)Oc1ccc2ccccc2c1. The van der Waals surface area contributed by atoms with Crippen molar-refractivity contribution in [1.82, 2.24) is 0 Å². The largest absolute Gasteiger partial charge is 0.426 e. The number of carbonyl (C=O) groups is 1. The van der Waals surface area contributed by atoms with Crippen LogP contribution in [0.3, 0.4) is 0 Å². The second kappa shape index (κ2) is 5.67. The van der Waals surface area contributed by atoms with Crippen LogP contribution in [0.2, 0.25) is 0 Å². The van der Waals surface area contributed by atoms with Crippen LogP contribution in [0, 0.1) is 5.92 Å². The summed E-state index contributed by atoms with van der Waals surface area (Å²) < 4.78 is 5.43. The monoisotopic (exact) mass is 242 g/mol. The van der Waals surface area contributed by atoms with E-state index in [9.17, 15) is 4.79 Å². The van der Waals surface area contributed by atoms with E-state index in [1.54, 1.807) is 0 Å². The average Bonchev–Trinajstić information content (AvgIpc) is 2.40. The maximum absolute atomic E-state index is 11.9. The molecule has 0 unspecified atom stereocenters. The second-order valence-electron chi connectivity index (χ2n) is 4.44. The topological polar surface area (TPSA) is 26.3 Å². The molecule has 0 saturated carbocycles. The lowest BCUT2D eigenvalue weighted by Crippen LogP contribution is -2.19. The normalized spacial score (nSPS) is 10.8. The van der Waals surface area contributed by atoms with Crippen LogP contribution in [0.25, 0.3) is 10.8 Å². The molecular formula is C16H18O2. The lowest BCUT2D eigenvalue weighted by Gasteiger charge is -2.11. The van der Waals surface area contributed by atoms with E-state index in [1.165, 1.54) is 0 Å². The number of fused-ring (bicyclic) bond motifs is 1. The van der Waals surface area contributed by atoms with Gasteiger partial charge in [0.1, 0.15) is 5.75 Å². The number of benzene rings is 2. The van der Waals surface area contributed by atoms with Crippen molar-refractivity contribution >= 4 is 16.7 Å². The maximum atomic E-state index is 11.9. The summed E-state index contributed by atoms with van der Waals surface area (Å²) >= 11 is 0. The second-order valence-corrected chi connectivity index (χ2v) is 4.44. The van der Waals surface area contributed by atoms with Gasteiger partial charge in [-0.3, -0.25) is 4.79 Å². The minimum absolute atomic E-state index is 0.00327. The van der Waals surface area contributed by atoms with Gasteiger partial charge in [-0.1, -0.05) is 44.2 Å². The standard InChI is InChI=1S/C16H18O2/c1-3-12(4-2)16(17)18-15-10-9-13-7-5-6-8-14(13)11-15/h5-12H,3-4H2,1-2H3. The summed E-state index contributed by atoms with van der Waals surface area (Å²) in [6, 6.07) is 13.8. The molecule has 2 aromatic carbocycles. The number of esters is 1. The number of rotatable bonds is 4. The fraction of sp³-hybridized carbons (Fsp3) is 0.312. The minimum Gasteiger partial charge on any atom is -0.426 e. The van der Waals surface area contributed by atoms with Gasteiger partial charge in [-0.25, -0.2) is 0 Å². The molecule has 0 aliphatic carbocycles. The van der Waals surface area contributed by atoms with Gasteiger partial charge in [-0.05, 0) is 35.7 Å². The first kappa shape index (κ1) is 12.6. The van der Waals surface area contributed by atoms with E-state index in [0.717, 1.165) is 23.6 Å². The van der Waals surface area contributed by atoms with Crippen molar-refractivity contribution in [3.05, 3.63) is 42.5 Å². The van der Waals surface area contributed by atoms with Gasteiger partial charge in [-0.2, -0.15) is 0 Å². The molecule has 0 atom stereocenters. The van der Waals surface area contributed by atoms with Crippen LogP contribution in [0.15, 0.2) is 42.5 Å². The molecule has 0 radical (unpaired) electrons. The first-order chi connectivity index (χ1) is 8.74. The van der Waals surface area contributed by atoms with E-state index in [4.69, 9.17) is 4.74 Å². The molecular weight excluding hydrogens is 224 g/mol. The lowest BCUT2D eigenvalue weighted by molar-refractivity contribution is -0.139. The fourth-order valence-corrected chi connectivity index (χ4v) is 2.05. The molecule has 2 rings (SSSR count). The predicted molar refractivity (Wildman–Crippen MR) is 73.7 cm³/mol. The summed E-state index contributed by atoms with van der Waals surface area (Å²) in [6.45, 7) is 4.02. The highest BCUT2D eigenvalue weighted by Gasteiger charge is 2.16. The van der Waals surface area contributed by atoms with Crippen molar-refractivity contribution in [2.24, 2.45) is 5.92 Å². The molecule has 18 heavy (non-hydrogen) atoms. The van der Waals surface area contributed by atoms with Crippen LogP contribution in [-0.2, 0) is 4.79 Å². The Morgan fingerprint density at radius 2 is 1.72 bits per heavy atom. The number of hydrogen-bond donors (Lipinski definition) is 0. The molecule has 0 bridgehead atoms. The first-order valence-electron chi connectivity index (χ1n) is 6.45. The van der Waals surface area contributed by atoms with Crippen molar-refractivity contribution in [3.8, 4) is 5.75 Å². The van der Waals surface area contributed by atoms with Gasteiger partial charge < -0.3 is 4.74 Å². The van der Waals surface area contributed by atoms with Gasteiger partial charge in [0, 0.05) is 0 Å². The van der Waals surface area contributed by atoms with E-state index in [0.29, 0.717) is 5.75 Å². The van der Waals surface area contributed by atoms with Gasteiger partial charge >= 0.3 is 5.97 Å². The van der Waals surface area contributed by atoms with Gasteiger partial charge in [0.25, 0.3) is 0 Å². The first-order valence-corrected chi connectivity index (χ1v) is 6.45. The third-order valence-corrected chi connectivity index (χ3v) is 3.26. The third-order valence-electron chi connectivity index (χ3n) is 3.26. The van der Waals surface area contributed by atoms with Crippen LogP contribution in [0.5, 0.6) is 5.75 Å². The molecule has 2 nitrogen and oxygen atoms in total. The summed E-state index contributed by atoms with van der Waals surface area (Å²) in [5, 5.41) is 2.24. The molecule has 0 amide bonds. The molecule has 0 aliphatic rings. The molecule has 0 heterocycles. The van der Waals surface area contributed by atoms with E-state index in [1.807, 2.05) is 56.3 Å². The van der Waals surface area contributed by atoms with E-state index in [2.05, 4.69) is 0 Å². The quantitative estimate of drug-likeness (QED) is 0.594. The Bertz CT molecular complexity index is 542. The Balaban J connectivity index is 2.19. The summed E-state index contributed by atoms with van der Waals surface area (Å²) in [7, 11) is 0. The Kier molecular flexibility index (Phi) is 3.98. The van der Waals surface area contributed by atoms with Crippen molar-refractivity contribution in [2.45, 2.75) is 26.7 Å². The molecule has 0 aromatic heterocycles. The van der Waals surface area contributed by atoms with Crippen LogP contribution in [0.1, 0.15) is 26.7 Å². The molecule has 2 heteroatoms. The molecule has 2 aromatic rings. The Hall–Kier alpha value is -1.83. The smallest absolute Gasteiger partial charge is 0.314 e. The van der Waals surface area contributed by atoms with E-state index < -0.39 is 0 Å². The summed E-state index contributed by atoms with van der Waals surface area (Å²) in [6.07, 6.45) is 1.64. The maximum Gasteiger partial charge on any atom is 0.314 e. The van der Waals surface area contributed by atoms with Gasteiger partial charge in [0.15, 0.2) is 0 Å². The van der Waals surface area contributed by atoms with Crippen LogP contribution < -0.4 is 4.74 Å². The Labute approximate surface area is 108 Å². The zero-order chi connectivity index (χ0) is 13.0. The Morgan fingerprint density at radius 1 is 1.06 bits per heavy atom. The highest BCUT2D eigenvalue weighted by molar-refractivity contribution is 5.85. The zero-order valence-electron chi connectivity index (χ0n) is 10.8. The van der Waals surface area contributed by atoms with Gasteiger partial charge in [0.05, 0.1) is 5.92 Å². The van der Waals surface area contributed by atoms with Crippen LogP contribution in [-0.4, -0.2) is 5.97 Å². The van der Waals surface area contributed by atoms with Gasteiger partial charge in [-0.15, -0.1) is 0 Å². The van der Waals surface area contributed by atoms with Crippen molar-refractivity contribution < 1.29 is 9.53 Å². The number of ether oxygens (including phenoxy) is 1. The summed E-state index contributed by atoms with van der Waals surface area (Å²) in [5.74, 6) is 0.498.